The van der Waals surface area contributed by atoms with E-state index in [1.165, 1.54) is 0 Å². The van der Waals surface area contributed by atoms with Gasteiger partial charge >= 0.3 is 0 Å². The SMILES string of the molecule is Cc1ccc(S(=O)(=O)N2CC(Br)=C(I)C2c2ccccc2)cc1. The number of hydrogen-bond acceptors (Lipinski definition) is 2. The molecule has 1 aliphatic heterocycles. The zero-order chi connectivity index (χ0) is 16.6. The van der Waals surface area contributed by atoms with E-state index in [-0.39, 0.29) is 6.04 Å². The molecule has 1 atom stereocenters. The lowest BCUT2D eigenvalue weighted by Gasteiger charge is -2.25. The first-order chi connectivity index (χ1) is 10.9. The zero-order valence-electron chi connectivity index (χ0n) is 12.4. The lowest BCUT2D eigenvalue weighted by molar-refractivity contribution is 0.417. The van der Waals surface area contributed by atoms with Gasteiger partial charge in [0.15, 0.2) is 0 Å². The minimum absolute atomic E-state index is 0.280. The molecule has 3 nitrogen and oxygen atoms in total. The van der Waals surface area contributed by atoms with Gasteiger partial charge < -0.3 is 0 Å². The molecule has 0 radical (unpaired) electrons. The number of benzene rings is 2. The van der Waals surface area contributed by atoms with Crippen molar-refractivity contribution in [2.24, 2.45) is 0 Å². The molecule has 0 aliphatic carbocycles. The Hall–Kier alpha value is -0.700. The molecule has 2 aromatic carbocycles. The van der Waals surface area contributed by atoms with Crippen molar-refractivity contribution >= 4 is 48.5 Å². The van der Waals surface area contributed by atoms with Crippen molar-refractivity contribution in [1.29, 1.82) is 0 Å². The van der Waals surface area contributed by atoms with Gasteiger partial charge in [-0.05, 0) is 47.2 Å². The van der Waals surface area contributed by atoms with Crippen LogP contribution >= 0.6 is 38.5 Å². The van der Waals surface area contributed by atoms with Crippen molar-refractivity contribution < 1.29 is 8.42 Å². The van der Waals surface area contributed by atoms with Crippen molar-refractivity contribution in [2.75, 3.05) is 6.54 Å². The number of rotatable bonds is 3. The van der Waals surface area contributed by atoms with Crippen molar-refractivity contribution in [3.63, 3.8) is 0 Å². The maximum atomic E-state index is 13.1. The molecule has 6 heteroatoms. The summed E-state index contributed by atoms with van der Waals surface area (Å²) in [5.74, 6) is 0. The second-order valence-corrected chi connectivity index (χ2v) is 9.44. The third kappa shape index (κ3) is 3.26. The van der Waals surface area contributed by atoms with Crippen LogP contribution in [0.3, 0.4) is 0 Å². The molecular formula is C17H15BrINO2S. The van der Waals surface area contributed by atoms with Crippen LogP contribution in [0.2, 0.25) is 0 Å². The molecule has 3 rings (SSSR count). The maximum Gasteiger partial charge on any atom is 0.244 e. The first kappa shape index (κ1) is 17.1. The van der Waals surface area contributed by atoms with E-state index >= 15 is 0 Å². The average Bonchev–Trinajstić information content (AvgIpc) is 2.85. The quantitative estimate of drug-likeness (QED) is 0.565. The van der Waals surface area contributed by atoms with E-state index in [9.17, 15) is 8.42 Å². The molecular weight excluding hydrogens is 489 g/mol. The first-order valence-electron chi connectivity index (χ1n) is 7.09. The fraction of sp³-hybridized carbons (Fsp3) is 0.176. The van der Waals surface area contributed by atoms with Crippen LogP contribution in [0.4, 0.5) is 0 Å². The third-order valence-electron chi connectivity index (χ3n) is 3.82. The number of halogens is 2. The summed E-state index contributed by atoms with van der Waals surface area (Å²) in [5.41, 5.74) is 2.01. The van der Waals surface area contributed by atoms with Crippen LogP contribution in [0, 0.1) is 6.92 Å². The van der Waals surface area contributed by atoms with Gasteiger partial charge in [-0.2, -0.15) is 4.31 Å². The van der Waals surface area contributed by atoms with Gasteiger partial charge in [-0.15, -0.1) is 0 Å². The molecule has 1 heterocycles. The molecule has 0 fully saturated rings. The van der Waals surface area contributed by atoms with Crippen molar-refractivity contribution in [3.8, 4) is 0 Å². The molecule has 120 valence electrons. The third-order valence-corrected chi connectivity index (χ3v) is 8.31. The highest BCUT2D eigenvalue weighted by atomic mass is 127. The molecule has 0 bridgehead atoms. The van der Waals surface area contributed by atoms with E-state index in [0.29, 0.717) is 11.4 Å². The predicted octanol–water partition coefficient (Wildman–Crippen LogP) is 4.78. The molecule has 0 spiro atoms. The number of hydrogen-bond donors (Lipinski definition) is 0. The highest BCUT2D eigenvalue weighted by molar-refractivity contribution is 14.1. The van der Waals surface area contributed by atoms with Crippen LogP contribution in [0.1, 0.15) is 17.2 Å². The van der Waals surface area contributed by atoms with Crippen molar-refractivity contribution in [1.82, 2.24) is 4.31 Å². The summed E-state index contributed by atoms with van der Waals surface area (Å²) in [7, 11) is -3.56. The minimum atomic E-state index is -3.56. The summed E-state index contributed by atoms with van der Waals surface area (Å²) in [6.45, 7) is 2.30. The number of sulfonamides is 1. The Kier molecular flexibility index (Phi) is 4.96. The Morgan fingerprint density at radius 1 is 1.09 bits per heavy atom. The van der Waals surface area contributed by atoms with Gasteiger partial charge in [0.1, 0.15) is 0 Å². The van der Waals surface area contributed by atoms with Gasteiger partial charge in [-0.1, -0.05) is 64.0 Å². The van der Waals surface area contributed by atoms with Gasteiger partial charge in [0, 0.05) is 14.6 Å². The molecule has 23 heavy (non-hydrogen) atoms. The molecule has 0 aromatic heterocycles. The van der Waals surface area contributed by atoms with Crippen LogP contribution in [0.5, 0.6) is 0 Å². The fourth-order valence-corrected chi connectivity index (χ4v) is 5.86. The average molecular weight is 504 g/mol. The molecule has 0 saturated carbocycles. The molecule has 0 saturated heterocycles. The van der Waals surface area contributed by atoms with E-state index in [4.69, 9.17) is 0 Å². The smallest absolute Gasteiger partial charge is 0.207 e. The van der Waals surface area contributed by atoms with Crippen LogP contribution < -0.4 is 0 Å². The van der Waals surface area contributed by atoms with Crippen molar-refractivity contribution in [3.05, 3.63) is 73.8 Å². The van der Waals surface area contributed by atoms with E-state index in [1.54, 1.807) is 16.4 Å². The van der Waals surface area contributed by atoms with Gasteiger partial charge in [-0.3, -0.25) is 0 Å². The number of aryl methyl sites for hydroxylation is 1. The summed E-state index contributed by atoms with van der Waals surface area (Å²) in [4.78, 5) is 0.329. The minimum Gasteiger partial charge on any atom is -0.207 e. The number of nitrogens with zero attached hydrogens (tertiary/aromatic N) is 1. The van der Waals surface area contributed by atoms with Crippen LogP contribution in [-0.4, -0.2) is 19.3 Å². The topological polar surface area (TPSA) is 37.4 Å². The molecule has 1 aliphatic rings. The standard InChI is InChI=1S/C17H15BrINO2S/c1-12-7-9-14(10-8-12)23(21,22)20-11-15(18)16(19)17(20)13-5-3-2-4-6-13/h2-10,17H,11H2,1H3. The molecule has 0 amide bonds. The van der Waals surface area contributed by atoms with Gasteiger partial charge in [0.05, 0.1) is 10.9 Å². The Balaban J connectivity index is 2.06. The molecule has 2 aromatic rings. The van der Waals surface area contributed by atoms with E-state index in [0.717, 1.165) is 19.2 Å². The van der Waals surface area contributed by atoms with E-state index in [1.807, 2.05) is 49.4 Å². The highest BCUT2D eigenvalue weighted by Gasteiger charge is 2.39. The van der Waals surface area contributed by atoms with E-state index in [2.05, 4.69) is 38.5 Å². The Morgan fingerprint density at radius 2 is 1.70 bits per heavy atom. The second-order valence-electron chi connectivity index (χ2n) is 5.43. The Morgan fingerprint density at radius 3 is 2.30 bits per heavy atom. The van der Waals surface area contributed by atoms with Crippen LogP contribution in [0.15, 0.2) is 67.6 Å². The summed E-state index contributed by atoms with van der Waals surface area (Å²) in [6.07, 6.45) is 0. The monoisotopic (exact) mass is 503 g/mol. The fourth-order valence-electron chi connectivity index (χ4n) is 2.60. The van der Waals surface area contributed by atoms with E-state index < -0.39 is 10.0 Å². The normalized spacial score (nSPS) is 19.3. The van der Waals surface area contributed by atoms with Gasteiger partial charge in [0.25, 0.3) is 0 Å². The van der Waals surface area contributed by atoms with Crippen molar-refractivity contribution in [2.45, 2.75) is 17.9 Å². The van der Waals surface area contributed by atoms with Gasteiger partial charge in [0.2, 0.25) is 10.0 Å². The lowest BCUT2D eigenvalue weighted by atomic mass is 10.1. The van der Waals surface area contributed by atoms with Crippen LogP contribution in [0.25, 0.3) is 0 Å². The maximum absolute atomic E-state index is 13.1. The van der Waals surface area contributed by atoms with Crippen LogP contribution in [-0.2, 0) is 10.0 Å². The summed E-state index contributed by atoms with van der Waals surface area (Å²) >= 11 is 5.75. The summed E-state index contributed by atoms with van der Waals surface area (Å²) < 4.78 is 29.7. The van der Waals surface area contributed by atoms with Gasteiger partial charge in [-0.25, -0.2) is 8.42 Å². The molecule has 0 N–H and O–H groups in total. The first-order valence-corrected chi connectivity index (χ1v) is 10.4. The highest BCUT2D eigenvalue weighted by Crippen LogP contribution is 2.45. The lowest BCUT2D eigenvalue weighted by Crippen LogP contribution is -2.32. The zero-order valence-corrected chi connectivity index (χ0v) is 17.0. The second kappa shape index (κ2) is 6.66. The largest absolute Gasteiger partial charge is 0.244 e. The molecule has 1 unspecified atom stereocenters. The Bertz CT molecular complexity index is 848. The Labute approximate surface area is 158 Å². The summed E-state index contributed by atoms with van der Waals surface area (Å²) in [6, 6.07) is 16.4. The predicted molar refractivity (Wildman–Crippen MR) is 104 cm³/mol. The summed E-state index contributed by atoms with van der Waals surface area (Å²) in [5, 5.41) is 0.